The Bertz CT molecular complexity index is 876. The van der Waals surface area contributed by atoms with Gasteiger partial charge in [-0.05, 0) is 17.7 Å². The van der Waals surface area contributed by atoms with Crippen LogP contribution in [0, 0.1) is 0 Å². The summed E-state index contributed by atoms with van der Waals surface area (Å²) >= 11 is 0. The van der Waals surface area contributed by atoms with Crippen LogP contribution in [-0.2, 0) is 0 Å². The van der Waals surface area contributed by atoms with Gasteiger partial charge < -0.3 is 5.32 Å². The first-order valence-corrected chi connectivity index (χ1v) is 7.33. The standard InChI is InChI=1S/C16H15FN6/c17-11-3-1-10(2-4-11)14-15(12-5-6-20-16(18)21-12)23-8-7-19-9-13(23)22-14/h1-3,5-9,11,16,21H,4,18H2. The van der Waals surface area contributed by atoms with E-state index in [4.69, 9.17) is 5.73 Å². The lowest BCUT2D eigenvalue weighted by molar-refractivity contribution is 0.402. The van der Waals surface area contributed by atoms with Crippen LogP contribution in [0.3, 0.4) is 0 Å². The number of imidazole rings is 1. The number of hydrogen-bond acceptors (Lipinski definition) is 5. The zero-order valence-electron chi connectivity index (χ0n) is 12.2. The van der Waals surface area contributed by atoms with Crippen molar-refractivity contribution in [3.05, 3.63) is 54.3 Å². The van der Waals surface area contributed by atoms with Crippen LogP contribution in [-0.4, -0.2) is 33.0 Å². The number of halogens is 1. The highest BCUT2D eigenvalue weighted by molar-refractivity contribution is 5.90. The van der Waals surface area contributed by atoms with E-state index in [1.54, 1.807) is 30.8 Å². The van der Waals surface area contributed by atoms with Crippen molar-refractivity contribution in [2.75, 3.05) is 0 Å². The molecule has 3 heterocycles. The number of aliphatic imine (C=N–C) groups is 1. The zero-order valence-corrected chi connectivity index (χ0v) is 12.2. The lowest BCUT2D eigenvalue weighted by atomic mass is 10.0. The van der Waals surface area contributed by atoms with Crippen molar-refractivity contribution in [1.82, 2.24) is 19.7 Å². The molecule has 3 N–H and O–H groups in total. The molecule has 0 saturated heterocycles. The second-order valence-electron chi connectivity index (χ2n) is 5.35. The molecule has 2 unspecified atom stereocenters. The van der Waals surface area contributed by atoms with Gasteiger partial charge in [0.25, 0.3) is 0 Å². The van der Waals surface area contributed by atoms with Crippen LogP contribution in [0.5, 0.6) is 0 Å². The number of hydrogen-bond donors (Lipinski definition) is 2. The molecule has 0 spiro atoms. The largest absolute Gasteiger partial charge is 0.350 e. The van der Waals surface area contributed by atoms with Crippen molar-refractivity contribution in [3.63, 3.8) is 0 Å². The Hall–Kier alpha value is -2.80. The molecule has 0 saturated carbocycles. The first kappa shape index (κ1) is 13.8. The molecule has 2 aromatic rings. The fourth-order valence-electron chi connectivity index (χ4n) is 2.74. The van der Waals surface area contributed by atoms with Crippen molar-refractivity contribution in [2.45, 2.75) is 18.9 Å². The molecule has 0 amide bonds. The number of nitrogens with zero attached hydrogens (tertiary/aromatic N) is 4. The van der Waals surface area contributed by atoms with Gasteiger partial charge in [-0.25, -0.2) is 9.37 Å². The fourth-order valence-corrected chi connectivity index (χ4v) is 2.74. The second-order valence-corrected chi connectivity index (χ2v) is 5.35. The van der Waals surface area contributed by atoms with Gasteiger partial charge in [-0.1, -0.05) is 12.2 Å². The van der Waals surface area contributed by atoms with Gasteiger partial charge in [-0.15, -0.1) is 0 Å². The summed E-state index contributed by atoms with van der Waals surface area (Å²) in [5.41, 5.74) is 9.90. The van der Waals surface area contributed by atoms with Gasteiger partial charge in [-0.3, -0.25) is 20.1 Å². The summed E-state index contributed by atoms with van der Waals surface area (Å²) < 4.78 is 15.3. The molecule has 0 bridgehead atoms. The Kier molecular flexibility index (Phi) is 3.27. The minimum Gasteiger partial charge on any atom is -0.350 e. The molecule has 0 radical (unpaired) electrons. The Morgan fingerprint density at radius 3 is 3.09 bits per heavy atom. The number of rotatable bonds is 2. The normalized spacial score (nSPS) is 23.6. The predicted octanol–water partition coefficient (Wildman–Crippen LogP) is 1.67. The summed E-state index contributed by atoms with van der Waals surface area (Å²) in [5, 5.41) is 3.13. The maximum absolute atomic E-state index is 13.4. The maximum atomic E-state index is 13.4. The van der Waals surface area contributed by atoms with Crippen LogP contribution < -0.4 is 11.1 Å². The summed E-state index contributed by atoms with van der Waals surface area (Å²) in [4.78, 5) is 12.8. The highest BCUT2D eigenvalue weighted by atomic mass is 19.1. The zero-order chi connectivity index (χ0) is 15.8. The van der Waals surface area contributed by atoms with Crippen LogP contribution in [0.4, 0.5) is 4.39 Å². The third-order valence-electron chi connectivity index (χ3n) is 3.80. The van der Waals surface area contributed by atoms with E-state index in [-0.39, 0.29) is 0 Å². The molecule has 0 fully saturated rings. The quantitative estimate of drug-likeness (QED) is 0.884. The number of allylic oxidation sites excluding steroid dienone is 5. The second kappa shape index (κ2) is 5.44. The molecule has 0 aromatic carbocycles. The molecule has 2 aliphatic rings. The van der Waals surface area contributed by atoms with Crippen molar-refractivity contribution in [3.8, 4) is 0 Å². The Morgan fingerprint density at radius 1 is 1.39 bits per heavy atom. The lowest BCUT2D eigenvalue weighted by Gasteiger charge is -2.19. The highest BCUT2D eigenvalue weighted by Gasteiger charge is 2.21. The first-order valence-electron chi connectivity index (χ1n) is 7.33. The minimum atomic E-state index is -0.937. The van der Waals surface area contributed by atoms with E-state index in [1.165, 1.54) is 0 Å². The van der Waals surface area contributed by atoms with E-state index in [1.807, 2.05) is 22.7 Å². The van der Waals surface area contributed by atoms with Crippen LogP contribution >= 0.6 is 0 Å². The van der Waals surface area contributed by atoms with Crippen molar-refractivity contribution in [1.29, 1.82) is 0 Å². The molecule has 1 aliphatic carbocycles. The van der Waals surface area contributed by atoms with E-state index >= 15 is 0 Å². The first-order chi connectivity index (χ1) is 11.2. The summed E-state index contributed by atoms with van der Waals surface area (Å²) in [7, 11) is 0. The highest BCUT2D eigenvalue weighted by Crippen LogP contribution is 2.29. The van der Waals surface area contributed by atoms with E-state index in [0.717, 1.165) is 22.7 Å². The molecular weight excluding hydrogens is 295 g/mol. The molecule has 23 heavy (non-hydrogen) atoms. The number of nitrogens with one attached hydrogen (secondary N) is 1. The minimum absolute atomic E-state index is 0.352. The van der Waals surface area contributed by atoms with Crippen molar-refractivity contribution >= 4 is 23.1 Å². The summed E-state index contributed by atoms with van der Waals surface area (Å²) in [6.07, 6.45) is 12.8. The summed E-state index contributed by atoms with van der Waals surface area (Å²) in [5.74, 6) is 0. The van der Waals surface area contributed by atoms with Gasteiger partial charge in [-0.2, -0.15) is 0 Å². The molecule has 2 atom stereocenters. The van der Waals surface area contributed by atoms with E-state index < -0.39 is 12.5 Å². The van der Waals surface area contributed by atoms with E-state index in [0.29, 0.717) is 12.1 Å². The summed E-state index contributed by atoms with van der Waals surface area (Å²) in [6, 6.07) is 0. The number of fused-ring (bicyclic) bond motifs is 1. The summed E-state index contributed by atoms with van der Waals surface area (Å²) in [6.45, 7) is 0. The predicted molar refractivity (Wildman–Crippen MR) is 87.2 cm³/mol. The van der Waals surface area contributed by atoms with Gasteiger partial charge in [0.05, 0.1) is 23.3 Å². The van der Waals surface area contributed by atoms with Crippen LogP contribution in [0.2, 0.25) is 0 Å². The van der Waals surface area contributed by atoms with E-state index in [2.05, 4.69) is 20.3 Å². The van der Waals surface area contributed by atoms with Gasteiger partial charge in [0.2, 0.25) is 0 Å². The maximum Gasteiger partial charge on any atom is 0.171 e. The lowest BCUT2D eigenvalue weighted by Crippen LogP contribution is -2.36. The van der Waals surface area contributed by atoms with E-state index in [9.17, 15) is 4.39 Å². The molecule has 2 aromatic heterocycles. The molecular formula is C16H15FN6. The van der Waals surface area contributed by atoms with Gasteiger partial charge in [0.15, 0.2) is 11.9 Å². The molecule has 7 heteroatoms. The van der Waals surface area contributed by atoms with Crippen LogP contribution in [0.1, 0.15) is 17.8 Å². The van der Waals surface area contributed by atoms with Gasteiger partial charge in [0, 0.05) is 25.0 Å². The van der Waals surface area contributed by atoms with Crippen molar-refractivity contribution in [2.24, 2.45) is 10.7 Å². The smallest absolute Gasteiger partial charge is 0.171 e. The Labute approximate surface area is 132 Å². The number of aromatic nitrogens is 3. The van der Waals surface area contributed by atoms with Crippen molar-refractivity contribution < 1.29 is 4.39 Å². The number of alkyl halides is 1. The van der Waals surface area contributed by atoms with Crippen LogP contribution in [0.15, 0.2) is 47.9 Å². The fraction of sp³-hybridized carbons (Fsp3) is 0.188. The SMILES string of the molecule is NC1N=CC=C(c2c(C3=CCC(F)C=C3)nc3cnccn23)N1. The molecule has 1 aliphatic heterocycles. The van der Waals surface area contributed by atoms with Gasteiger partial charge >= 0.3 is 0 Å². The Balaban J connectivity index is 1.91. The third kappa shape index (κ3) is 2.44. The topological polar surface area (TPSA) is 80.6 Å². The van der Waals surface area contributed by atoms with Gasteiger partial charge in [0.1, 0.15) is 6.17 Å². The number of nitrogens with two attached hydrogens (primary N) is 1. The molecule has 4 rings (SSSR count). The Morgan fingerprint density at radius 2 is 2.30 bits per heavy atom. The monoisotopic (exact) mass is 310 g/mol. The average molecular weight is 310 g/mol. The third-order valence-corrected chi connectivity index (χ3v) is 3.80. The van der Waals surface area contributed by atoms with Crippen LogP contribution in [0.25, 0.3) is 16.9 Å². The molecule has 116 valence electrons. The average Bonchev–Trinajstić information content (AvgIpc) is 2.95. The molecule has 6 nitrogen and oxygen atoms in total.